The molecule has 4 rings (SSSR count). The SMILES string of the molecule is Cn1ncc(CNC(=O)OCC2c3ccccc3-c3ccccc32)c1C(=O)NCC(=O)O. The fraction of sp³-hybridized carbons (Fsp3) is 0.217. The number of carbonyl (C=O) groups is 3. The maximum atomic E-state index is 12.4. The van der Waals surface area contributed by atoms with Crippen molar-refractivity contribution in [3.63, 3.8) is 0 Å². The van der Waals surface area contributed by atoms with Crippen LogP contribution in [-0.2, 0) is 23.1 Å². The lowest BCUT2D eigenvalue weighted by Gasteiger charge is -2.14. The number of hydrogen-bond acceptors (Lipinski definition) is 5. The van der Waals surface area contributed by atoms with Gasteiger partial charge in [-0.2, -0.15) is 5.10 Å². The summed E-state index contributed by atoms with van der Waals surface area (Å²) in [6.45, 7) is -0.317. The fourth-order valence-electron chi connectivity index (χ4n) is 3.96. The molecule has 9 nitrogen and oxygen atoms in total. The highest BCUT2D eigenvalue weighted by Crippen LogP contribution is 2.44. The topological polar surface area (TPSA) is 123 Å². The van der Waals surface area contributed by atoms with Crippen molar-refractivity contribution in [2.45, 2.75) is 12.5 Å². The number of amides is 2. The number of fused-ring (bicyclic) bond motifs is 3. The highest BCUT2D eigenvalue weighted by Gasteiger charge is 2.29. The minimum Gasteiger partial charge on any atom is -0.480 e. The molecule has 0 saturated carbocycles. The largest absolute Gasteiger partial charge is 0.480 e. The normalized spacial score (nSPS) is 12.0. The number of carboxylic acids is 1. The Bertz CT molecular complexity index is 1140. The minimum absolute atomic E-state index is 0.0142. The molecule has 1 heterocycles. The van der Waals surface area contributed by atoms with Gasteiger partial charge in [-0.1, -0.05) is 48.5 Å². The number of nitrogens with one attached hydrogen (secondary N) is 2. The van der Waals surface area contributed by atoms with Crippen molar-refractivity contribution in [1.82, 2.24) is 20.4 Å². The van der Waals surface area contributed by atoms with E-state index in [0.29, 0.717) is 5.56 Å². The second-order valence-corrected chi connectivity index (χ2v) is 7.40. The molecule has 0 saturated heterocycles. The van der Waals surface area contributed by atoms with E-state index in [4.69, 9.17) is 9.84 Å². The molecule has 1 aromatic heterocycles. The van der Waals surface area contributed by atoms with Crippen molar-refractivity contribution < 1.29 is 24.2 Å². The van der Waals surface area contributed by atoms with Crippen molar-refractivity contribution in [3.8, 4) is 11.1 Å². The summed E-state index contributed by atoms with van der Waals surface area (Å²) in [5, 5.41) is 17.7. The molecule has 2 aromatic carbocycles. The predicted molar refractivity (Wildman–Crippen MR) is 115 cm³/mol. The molecular weight excluding hydrogens is 412 g/mol. The Morgan fingerprint density at radius 3 is 2.28 bits per heavy atom. The first-order valence-electron chi connectivity index (χ1n) is 10.1. The van der Waals surface area contributed by atoms with Crippen LogP contribution in [0.15, 0.2) is 54.7 Å². The van der Waals surface area contributed by atoms with Crippen LogP contribution < -0.4 is 10.6 Å². The average Bonchev–Trinajstić information content (AvgIpc) is 3.32. The van der Waals surface area contributed by atoms with Crippen LogP contribution in [0, 0.1) is 0 Å². The molecule has 2 amide bonds. The number of aliphatic carboxylic acids is 1. The maximum Gasteiger partial charge on any atom is 0.407 e. The maximum absolute atomic E-state index is 12.4. The summed E-state index contributed by atoms with van der Waals surface area (Å²) < 4.78 is 6.82. The van der Waals surface area contributed by atoms with Crippen LogP contribution in [0.4, 0.5) is 4.79 Å². The van der Waals surface area contributed by atoms with Crippen LogP contribution in [0.25, 0.3) is 11.1 Å². The highest BCUT2D eigenvalue weighted by molar-refractivity contribution is 5.95. The Balaban J connectivity index is 1.38. The van der Waals surface area contributed by atoms with Gasteiger partial charge in [0.2, 0.25) is 0 Å². The summed E-state index contributed by atoms with van der Waals surface area (Å²) in [5.41, 5.74) is 5.14. The van der Waals surface area contributed by atoms with Gasteiger partial charge in [-0.25, -0.2) is 4.79 Å². The molecule has 1 aliphatic carbocycles. The number of ether oxygens (including phenoxy) is 1. The summed E-state index contributed by atoms with van der Waals surface area (Å²) in [5.74, 6) is -1.79. The van der Waals surface area contributed by atoms with E-state index in [1.165, 1.54) is 10.9 Å². The van der Waals surface area contributed by atoms with Gasteiger partial charge in [0.25, 0.3) is 5.91 Å². The van der Waals surface area contributed by atoms with Crippen LogP contribution in [0.1, 0.15) is 33.1 Å². The number of aryl methyl sites for hydroxylation is 1. The number of rotatable bonds is 7. The van der Waals surface area contributed by atoms with E-state index in [-0.39, 0.29) is 24.8 Å². The first kappa shape index (κ1) is 21.1. The Morgan fingerprint density at radius 2 is 1.66 bits per heavy atom. The van der Waals surface area contributed by atoms with Gasteiger partial charge in [-0.15, -0.1) is 0 Å². The Labute approximate surface area is 184 Å². The zero-order valence-corrected chi connectivity index (χ0v) is 17.4. The van der Waals surface area contributed by atoms with Crippen LogP contribution >= 0.6 is 0 Å². The van der Waals surface area contributed by atoms with Crippen molar-refractivity contribution in [3.05, 3.63) is 77.1 Å². The lowest BCUT2D eigenvalue weighted by Crippen LogP contribution is -2.32. The number of carbonyl (C=O) groups excluding carboxylic acids is 2. The second-order valence-electron chi connectivity index (χ2n) is 7.40. The van der Waals surface area contributed by atoms with E-state index in [2.05, 4.69) is 27.9 Å². The van der Waals surface area contributed by atoms with Crippen LogP contribution in [-0.4, -0.2) is 46.0 Å². The first-order chi connectivity index (χ1) is 15.5. The van der Waals surface area contributed by atoms with E-state index in [1.807, 2.05) is 36.4 Å². The highest BCUT2D eigenvalue weighted by atomic mass is 16.5. The van der Waals surface area contributed by atoms with Crippen LogP contribution in [0.2, 0.25) is 0 Å². The third-order valence-corrected chi connectivity index (χ3v) is 5.40. The lowest BCUT2D eigenvalue weighted by molar-refractivity contribution is -0.135. The third kappa shape index (κ3) is 4.18. The summed E-state index contributed by atoms with van der Waals surface area (Å²) in [4.78, 5) is 35.3. The summed E-state index contributed by atoms with van der Waals surface area (Å²) >= 11 is 0. The fourth-order valence-corrected chi connectivity index (χ4v) is 3.96. The van der Waals surface area contributed by atoms with Gasteiger partial charge in [-0.3, -0.25) is 14.3 Å². The molecule has 0 aliphatic heterocycles. The minimum atomic E-state index is -1.15. The van der Waals surface area contributed by atoms with E-state index in [1.54, 1.807) is 7.05 Å². The van der Waals surface area contributed by atoms with Gasteiger partial charge in [0.1, 0.15) is 18.8 Å². The van der Waals surface area contributed by atoms with Gasteiger partial charge in [0.05, 0.1) is 12.7 Å². The van der Waals surface area contributed by atoms with E-state index in [9.17, 15) is 14.4 Å². The number of benzene rings is 2. The Kier molecular flexibility index (Phi) is 5.89. The van der Waals surface area contributed by atoms with Gasteiger partial charge in [0, 0.05) is 18.5 Å². The number of carboxylic acid groups (broad SMARTS) is 1. The van der Waals surface area contributed by atoms with Gasteiger partial charge in [0.15, 0.2) is 0 Å². The standard InChI is InChI=1S/C23H22N4O5/c1-27-21(22(30)24-12-20(28)29)14(11-26-27)10-25-23(31)32-13-19-17-8-4-2-6-15(17)16-7-3-5-9-18(16)19/h2-9,11,19H,10,12-13H2,1H3,(H,24,30)(H,25,31)(H,28,29). The van der Waals surface area contributed by atoms with E-state index < -0.39 is 24.5 Å². The first-order valence-corrected chi connectivity index (χ1v) is 10.1. The average molecular weight is 434 g/mol. The number of alkyl carbamates (subject to hydrolysis) is 1. The third-order valence-electron chi connectivity index (χ3n) is 5.40. The van der Waals surface area contributed by atoms with Crippen molar-refractivity contribution in [2.75, 3.05) is 13.2 Å². The molecule has 0 unspecified atom stereocenters. The summed E-state index contributed by atoms with van der Waals surface area (Å²) in [7, 11) is 1.56. The molecule has 9 heteroatoms. The molecule has 0 radical (unpaired) electrons. The molecule has 1 aliphatic rings. The summed E-state index contributed by atoms with van der Waals surface area (Å²) in [6.07, 6.45) is 0.826. The van der Waals surface area contributed by atoms with Crippen molar-refractivity contribution >= 4 is 18.0 Å². The van der Waals surface area contributed by atoms with Gasteiger partial charge >= 0.3 is 12.1 Å². The molecule has 0 bridgehead atoms. The smallest absolute Gasteiger partial charge is 0.407 e. The zero-order valence-electron chi connectivity index (χ0n) is 17.4. The quantitative estimate of drug-likeness (QED) is 0.524. The molecule has 164 valence electrons. The molecule has 32 heavy (non-hydrogen) atoms. The number of hydrogen-bond donors (Lipinski definition) is 3. The second kappa shape index (κ2) is 8.93. The van der Waals surface area contributed by atoms with E-state index in [0.717, 1.165) is 22.3 Å². The van der Waals surface area contributed by atoms with E-state index >= 15 is 0 Å². The predicted octanol–water partition coefficient (Wildman–Crippen LogP) is 2.27. The Hall–Kier alpha value is -4.14. The molecule has 3 N–H and O–H groups in total. The van der Waals surface area contributed by atoms with Crippen LogP contribution in [0.5, 0.6) is 0 Å². The molecule has 0 atom stereocenters. The zero-order chi connectivity index (χ0) is 22.7. The molecule has 0 spiro atoms. The summed E-state index contributed by atoms with van der Waals surface area (Å²) in [6, 6.07) is 16.1. The van der Waals surface area contributed by atoms with Crippen LogP contribution in [0.3, 0.4) is 0 Å². The monoisotopic (exact) mass is 434 g/mol. The van der Waals surface area contributed by atoms with Crippen molar-refractivity contribution in [1.29, 1.82) is 0 Å². The molecule has 3 aromatic rings. The molecular formula is C23H22N4O5. The number of aromatic nitrogens is 2. The van der Waals surface area contributed by atoms with Gasteiger partial charge < -0.3 is 20.5 Å². The van der Waals surface area contributed by atoms with Crippen molar-refractivity contribution in [2.24, 2.45) is 7.05 Å². The molecule has 0 fully saturated rings. The Morgan fingerprint density at radius 1 is 1.03 bits per heavy atom. The van der Waals surface area contributed by atoms with Gasteiger partial charge in [-0.05, 0) is 22.3 Å². The lowest BCUT2D eigenvalue weighted by atomic mass is 9.98. The number of nitrogens with zero attached hydrogens (tertiary/aromatic N) is 2.